The van der Waals surface area contributed by atoms with Gasteiger partial charge in [0.25, 0.3) is 0 Å². The lowest BCUT2D eigenvalue weighted by Gasteiger charge is -2.15. The first-order valence-corrected chi connectivity index (χ1v) is 6.88. The average Bonchev–Trinajstić information content (AvgIpc) is 2.67. The number of aryl methyl sites for hydroxylation is 1. The number of halogens is 1. The van der Waals surface area contributed by atoms with Gasteiger partial charge in [0.05, 0.1) is 11.2 Å². The van der Waals surface area contributed by atoms with Crippen LogP contribution >= 0.6 is 11.6 Å². The number of rotatable bonds is 1. The topological polar surface area (TPSA) is 74.9 Å². The van der Waals surface area contributed by atoms with Crippen molar-refractivity contribution in [1.82, 2.24) is 10.2 Å². The molecule has 0 amide bonds. The zero-order valence-corrected chi connectivity index (χ0v) is 11.3. The predicted octanol–water partition coefficient (Wildman–Crippen LogP) is 3.29. The molecule has 0 radical (unpaired) electrons. The number of phenolic OH excluding ortho intramolecular Hbond substituents is 1. The molecule has 19 heavy (non-hydrogen) atoms. The van der Waals surface area contributed by atoms with E-state index in [9.17, 15) is 5.11 Å². The zero-order valence-electron chi connectivity index (χ0n) is 10.5. The van der Waals surface area contributed by atoms with Crippen molar-refractivity contribution in [1.29, 1.82) is 0 Å². The fraction of sp³-hybridized carbons (Fsp3) is 0.357. The number of H-pyrrole nitrogens is 1. The molecule has 5 heteroatoms. The number of aromatic amines is 1. The van der Waals surface area contributed by atoms with E-state index in [1.165, 1.54) is 12.0 Å². The number of anilines is 1. The predicted molar refractivity (Wildman–Crippen MR) is 76.4 cm³/mol. The Balaban J connectivity index is 2.27. The number of aromatic hydroxyl groups is 1. The van der Waals surface area contributed by atoms with Crippen LogP contribution in [0.25, 0.3) is 11.1 Å². The number of nitrogens with two attached hydrogens (primary N) is 1. The Kier molecular flexibility index (Phi) is 3.11. The smallest absolute Gasteiger partial charge is 0.142 e. The van der Waals surface area contributed by atoms with Crippen LogP contribution in [0, 0.1) is 0 Å². The molecule has 1 aliphatic rings. The first-order chi connectivity index (χ1) is 9.18. The summed E-state index contributed by atoms with van der Waals surface area (Å²) in [5.74, 6) is 0.569. The maximum atomic E-state index is 10.3. The second-order valence-electron chi connectivity index (χ2n) is 4.98. The highest BCUT2D eigenvalue weighted by molar-refractivity contribution is 6.32. The molecule has 0 saturated heterocycles. The number of hydrogen-bond acceptors (Lipinski definition) is 3. The minimum atomic E-state index is 0.107. The summed E-state index contributed by atoms with van der Waals surface area (Å²) in [4.78, 5) is 0. The lowest BCUT2D eigenvalue weighted by molar-refractivity contribution is 0.476. The van der Waals surface area contributed by atoms with Gasteiger partial charge in [0, 0.05) is 11.1 Å². The van der Waals surface area contributed by atoms with Gasteiger partial charge in [-0.1, -0.05) is 18.0 Å². The summed E-state index contributed by atoms with van der Waals surface area (Å²) in [6.07, 6.45) is 7.08. The summed E-state index contributed by atoms with van der Waals surface area (Å²) in [6.45, 7) is 0. The molecule has 2 aromatic rings. The summed E-state index contributed by atoms with van der Waals surface area (Å²) >= 11 is 6.15. The summed E-state index contributed by atoms with van der Waals surface area (Å²) in [6, 6.07) is 1.89. The Hall–Kier alpha value is -1.68. The van der Waals surface area contributed by atoms with Crippen molar-refractivity contribution in [3.8, 4) is 16.9 Å². The molecular formula is C14H16ClN3O. The van der Waals surface area contributed by atoms with Crippen molar-refractivity contribution in [2.45, 2.75) is 32.1 Å². The lowest BCUT2D eigenvalue weighted by atomic mass is 9.92. The minimum Gasteiger partial charge on any atom is -0.506 e. The Bertz CT molecular complexity index is 621. The Labute approximate surface area is 116 Å². The number of aromatic nitrogens is 2. The molecule has 1 aromatic carbocycles. The van der Waals surface area contributed by atoms with Crippen molar-refractivity contribution in [2.75, 3.05) is 5.73 Å². The Morgan fingerprint density at radius 2 is 2.05 bits per heavy atom. The van der Waals surface area contributed by atoms with E-state index in [0.717, 1.165) is 42.4 Å². The minimum absolute atomic E-state index is 0.107. The molecular weight excluding hydrogens is 262 g/mol. The second kappa shape index (κ2) is 4.78. The fourth-order valence-corrected chi connectivity index (χ4v) is 3.05. The number of nitrogen functional groups attached to an aromatic ring is 1. The lowest BCUT2D eigenvalue weighted by Crippen LogP contribution is -1.98. The van der Waals surface area contributed by atoms with E-state index in [4.69, 9.17) is 17.3 Å². The highest BCUT2D eigenvalue weighted by Gasteiger charge is 2.21. The van der Waals surface area contributed by atoms with Gasteiger partial charge >= 0.3 is 0 Å². The summed E-state index contributed by atoms with van der Waals surface area (Å²) in [7, 11) is 0. The summed E-state index contributed by atoms with van der Waals surface area (Å²) < 4.78 is 0. The number of nitrogens with zero attached hydrogens (tertiary/aromatic N) is 1. The highest BCUT2D eigenvalue weighted by atomic mass is 35.5. The van der Waals surface area contributed by atoms with Crippen molar-refractivity contribution in [3.63, 3.8) is 0 Å². The van der Waals surface area contributed by atoms with Crippen LogP contribution in [-0.2, 0) is 12.8 Å². The standard InChI is InChI=1S/C14H16ClN3O/c15-11-6-8-4-2-1-3-5-9(8)12(13(11)19)10-7-17-18-14(10)16/h6-7,19H,1-5H2,(H3,16,17,18). The van der Waals surface area contributed by atoms with Crippen LogP contribution in [0.4, 0.5) is 5.82 Å². The first kappa shape index (κ1) is 12.4. The van der Waals surface area contributed by atoms with Gasteiger partial charge in [0.2, 0.25) is 0 Å². The molecule has 4 N–H and O–H groups in total. The molecule has 1 aromatic heterocycles. The van der Waals surface area contributed by atoms with E-state index in [0.29, 0.717) is 10.8 Å². The molecule has 0 fully saturated rings. The van der Waals surface area contributed by atoms with Gasteiger partial charge < -0.3 is 10.8 Å². The summed E-state index contributed by atoms with van der Waals surface area (Å²) in [5, 5.41) is 17.3. The van der Waals surface area contributed by atoms with Crippen LogP contribution in [0.15, 0.2) is 12.3 Å². The molecule has 1 aliphatic carbocycles. The number of hydrogen-bond donors (Lipinski definition) is 3. The van der Waals surface area contributed by atoms with E-state index in [1.807, 2.05) is 6.07 Å². The average molecular weight is 278 g/mol. The molecule has 4 nitrogen and oxygen atoms in total. The third kappa shape index (κ3) is 2.06. The maximum absolute atomic E-state index is 10.3. The first-order valence-electron chi connectivity index (χ1n) is 6.51. The quantitative estimate of drug-likeness (QED) is 0.700. The largest absolute Gasteiger partial charge is 0.506 e. The van der Waals surface area contributed by atoms with Crippen LogP contribution in [0.2, 0.25) is 5.02 Å². The second-order valence-corrected chi connectivity index (χ2v) is 5.38. The zero-order chi connectivity index (χ0) is 13.4. The van der Waals surface area contributed by atoms with E-state index >= 15 is 0 Å². The molecule has 3 rings (SSSR count). The number of fused-ring (bicyclic) bond motifs is 1. The Morgan fingerprint density at radius 3 is 2.79 bits per heavy atom. The van der Waals surface area contributed by atoms with E-state index in [1.54, 1.807) is 6.20 Å². The third-order valence-electron chi connectivity index (χ3n) is 3.76. The van der Waals surface area contributed by atoms with Gasteiger partial charge in [0.1, 0.15) is 11.6 Å². The van der Waals surface area contributed by atoms with Crippen molar-refractivity contribution in [3.05, 3.63) is 28.4 Å². The number of phenols is 1. The molecule has 0 aliphatic heterocycles. The molecule has 0 spiro atoms. The summed E-state index contributed by atoms with van der Waals surface area (Å²) in [5.41, 5.74) is 9.75. The van der Waals surface area contributed by atoms with Crippen molar-refractivity contribution < 1.29 is 5.11 Å². The van der Waals surface area contributed by atoms with Crippen LogP contribution in [0.3, 0.4) is 0 Å². The van der Waals surface area contributed by atoms with Crippen LogP contribution < -0.4 is 5.73 Å². The van der Waals surface area contributed by atoms with Gasteiger partial charge in [-0.2, -0.15) is 5.10 Å². The van der Waals surface area contributed by atoms with Crippen LogP contribution in [-0.4, -0.2) is 15.3 Å². The molecule has 0 saturated carbocycles. The molecule has 100 valence electrons. The van der Waals surface area contributed by atoms with Gasteiger partial charge in [-0.05, 0) is 42.9 Å². The third-order valence-corrected chi connectivity index (χ3v) is 4.05. The maximum Gasteiger partial charge on any atom is 0.142 e. The monoisotopic (exact) mass is 277 g/mol. The SMILES string of the molecule is Nc1[nH]ncc1-c1c(O)c(Cl)cc2c1CCCCC2. The van der Waals surface area contributed by atoms with Crippen molar-refractivity contribution >= 4 is 17.4 Å². The molecule has 1 heterocycles. The molecule has 0 unspecified atom stereocenters. The van der Waals surface area contributed by atoms with Crippen molar-refractivity contribution in [2.24, 2.45) is 0 Å². The van der Waals surface area contributed by atoms with Crippen LogP contribution in [0.5, 0.6) is 5.75 Å². The molecule has 0 bridgehead atoms. The highest BCUT2D eigenvalue weighted by Crippen LogP contribution is 2.43. The number of nitrogens with one attached hydrogen (secondary N) is 1. The van der Waals surface area contributed by atoms with E-state index < -0.39 is 0 Å². The normalized spacial score (nSPS) is 15.0. The van der Waals surface area contributed by atoms with E-state index in [2.05, 4.69) is 10.2 Å². The van der Waals surface area contributed by atoms with Gasteiger partial charge in [0.15, 0.2) is 0 Å². The Morgan fingerprint density at radius 1 is 1.26 bits per heavy atom. The van der Waals surface area contributed by atoms with Gasteiger partial charge in [-0.3, -0.25) is 5.10 Å². The van der Waals surface area contributed by atoms with Gasteiger partial charge in [-0.15, -0.1) is 0 Å². The fourth-order valence-electron chi connectivity index (χ4n) is 2.82. The van der Waals surface area contributed by atoms with Crippen LogP contribution in [0.1, 0.15) is 30.4 Å². The molecule has 0 atom stereocenters. The van der Waals surface area contributed by atoms with E-state index in [-0.39, 0.29) is 5.75 Å². The number of benzene rings is 1. The van der Waals surface area contributed by atoms with Gasteiger partial charge in [-0.25, -0.2) is 0 Å².